The van der Waals surface area contributed by atoms with Gasteiger partial charge < -0.3 is 25.5 Å². The molecule has 0 saturated carbocycles. The van der Waals surface area contributed by atoms with E-state index >= 15 is 8.78 Å². The van der Waals surface area contributed by atoms with Gasteiger partial charge in [0.25, 0.3) is 5.91 Å². The molecule has 2 aromatic rings. The summed E-state index contributed by atoms with van der Waals surface area (Å²) >= 11 is 0. The molecule has 1 unspecified atom stereocenters. The lowest BCUT2D eigenvalue weighted by Gasteiger charge is -2.24. The Labute approximate surface area is 205 Å². The number of hydroxylamine groups is 2. The standard InChI is InChI=1S/C23H26F2N6O5/c24-18-11-15(30-14-16(36-23(30)34)13-29(27)6-5-26)12-19(25)21(18)28-7-8-31(35-10-9-28)22(33)17-3-1-2-4-20(17)32/h1-6,11-12,16,32H,7-10,13-14,26-27H2. The molecule has 2 heterocycles. The van der Waals surface area contributed by atoms with Gasteiger partial charge in [-0.15, -0.1) is 0 Å². The number of hydrazine groups is 1. The van der Waals surface area contributed by atoms with E-state index in [9.17, 15) is 14.7 Å². The number of para-hydroxylation sites is 1. The minimum absolute atomic E-state index is 0.000759. The Hall–Kier alpha value is -4.10. The largest absolute Gasteiger partial charge is 0.507 e. The van der Waals surface area contributed by atoms with Crippen molar-refractivity contribution >= 4 is 23.4 Å². The number of cyclic esters (lactones) is 1. The summed E-state index contributed by atoms with van der Waals surface area (Å²) in [6.45, 7) is 0.342. The average Bonchev–Trinajstić information content (AvgIpc) is 3.03. The number of ether oxygens (including phenoxy) is 1. The molecule has 0 radical (unpaired) electrons. The van der Waals surface area contributed by atoms with Gasteiger partial charge in [0.1, 0.15) is 17.5 Å². The fourth-order valence-electron chi connectivity index (χ4n) is 4.07. The second-order valence-electron chi connectivity index (χ2n) is 8.16. The molecule has 2 fully saturated rings. The van der Waals surface area contributed by atoms with E-state index in [-0.39, 0.29) is 62.0 Å². The van der Waals surface area contributed by atoms with Crippen LogP contribution in [0.4, 0.5) is 25.0 Å². The zero-order valence-electron chi connectivity index (χ0n) is 19.2. The number of halogens is 2. The number of aromatic hydroxyl groups is 1. The van der Waals surface area contributed by atoms with Gasteiger partial charge in [0.05, 0.1) is 37.5 Å². The average molecular weight is 504 g/mol. The number of phenolic OH excluding ortho intramolecular Hbond substituents is 1. The predicted molar refractivity (Wildman–Crippen MR) is 126 cm³/mol. The number of rotatable bonds is 6. The zero-order chi connectivity index (χ0) is 25.8. The van der Waals surface area contributed by atoms with Crippen LogP contribution in [0.3, 0.4) is 0 Å². The van der Waals surface area contributed by atoms with Gasteiger partial charge in [0, 0.05) is 37.6 Å². The summed E-state index contributed by atoms with van der Waals surface area (Å²) < 4.78 is 35.5. The van der Waals surface area contributed by atoms with Crippen molar-refractivity contribution in [3.05, 3.63) is 66.0 Å². The van der Waals surface area contributed by atoms with E-state index in [0.29, 0.717) is 0 Å². The summed E-state index contributed by atoms with van der Waals surface area (Å²) in [7, 11) is 0. The number of carbonyl (C=O) groups is 2. The molecule has 0 aliphatic carbocycles. The second-order valence-corrected chi connectivity index (χ2v) is 8.16. The summed E-state index contributed by atoms with van der Waals surface area (Å²) in [4.78, 5) is 33.0. The van der Waals surface area contributed by atoms with E-state index in [2.05, 4.69) is 0 Å². The molecule has 11 nitrogen and oxygen atoms in total. The third-order valence-electron chi connectivity index (χ3n) is 5.74. The summed E-state index contributed by atoms with van der Waals surface area (Å²) in [5, 5.41) is 12.2. The number of benzene rings is 2. The van der Waals surface area contributed by atoms with E-state index in [1.54, 1.807) is 12.1 Å². The SMILES string of the molecule is NC=CN(N)CC1CN(c2cc(F)c(N3CCON(C(=O)c4ccccc4O)CC3)c(F)c2)C(=O)O1. The Balaban J connectivity index is 1.46. The quantitative estimate of drug-likeness (QED) is 0.395. The van der Waals surface area contributed by atoms with Crippen LogP contribution < -0.4 is 21.4 Å². The first kappa shape index (κ1) is 25.0. The first-order valence-electron chi connectivity index (χ1n) is 11.1. The predicted octanol–water partition coefficient (Wildman–Crippen LogP) is 1.50. The maximum absolute atomic E-state index is 15.1. The van der Waals surface area contributed by atoms with Gasteiger partial charge in [-0.1, -0.05) is 12.1 Å². The number of phenols is 1. The minimum Gasteiger partial charge on any atom is -0.507 e. The van der Waals surface area contributed by atoms with Crippen LogP contribution in [0.15, 0.2) is 48.8 Å². The van der Waals surface area contributed by atoms with Crippen LogP contribution in [0.5, 0.6) is 5.75 Å². The molecular formula is C23H26F2N6O5. The van der Waals surface area contributed by atoms with Gasteiger partial charge >= 0.3 is 6.09 Å². The Morgan fingerprint density at radius 1 is 1.19 bits per heavy atom. The van der Waals surface area contributed by atoms with E-state index in [1.165, 1.54) is 34.4 Å². The van der Waals surface area contributed by atoms with E-state index in [4.69, 9.17) is 21.2 Å². The summed E-state index contributed by atoms with van der Waals surface area (Å²) in [5.41, 5.74) is 5.03. The lowest BCUT2D eigenvalue weighted by Crippen LogP contribution is -2.36. The lowest BCUT2D eigenvalue weighted by atomic mass is 10.2. The third kappa shape index (κ3) is 5.26. The highest BCUT2D eigenvalue weighted by Gasteiger charge is 2.34. The molecule has 2 aromatic carbocycles. The number of carbonyl (C=O) groups excluding carboxylic acids is 2. The molecule has 13 heteroatoms. The van der Waals surface area contributed by atoms with Gasteiger partial charge in [0.15, 0.2) is 11.6 Å². The second kappa shape index (κ2) is 10.7. The van der Waals surface area contributed by atoms with Gasteiger partial charge in [-0.05, 0) is 12.1 Å². The Morgan fingerprint density at radius 2 is 1.92 bits per heavy atom. The van der Waals surface area contributed by atoms with Crippen molar-refractivity contribution in [2.24, 2.45) is 11.6 Å². The van der Waals surface area contributed by atoms with Crippen LogP contribution in [-0.2, 0) is 9.57 Å². The Morgan fingerprint density at radius 3 is 2.61 bits per heavy atom. The number of anilines is 2. The van der Waals surface area contributed by atoms with Crippen LogP contribution >= 0.6 is 0 Å². The van der Waals surface area contributed by atoms with Gasteiger partial charge in [-0.2, -0.15) is 0 Å². The molecule has 0 spiro atoms. The molecule has 2 aliphatic heterocycles. The highest BCUT2D eigenvalue weighted by Crippen LogP contribution is 2.31. The Bertz CT molecular complexity index is 1140. The van der Waals surface area contributed by atoms with Gasteiger partial charge in [-0.3, -0.25) is 14.5 Å². The normalized spacial score (nSPS) is 18.5. The monoisotopic (exact) mass is 504 g/mol. The van der Waals surface area contributed by atoms with E-state index in [1.807, 2.05) is 0 Å². The van der Waals surface area contributed by atoms with Crippen molar-refractivity contribution < 1.29 is 33.1 Å². The number of nitrogens with zero attached hydrogens (tertiary/aromatic N) is 4. The summed E-state index contributed by atoms with van der Waals surface area (Å²) in [6.07, 6.45) is 1.25. The smallest absolute Gasteiger partial charge is 0.414 e. The van der Waals surface area contributed by atoms with Gasteiger partial charge in [0.2, 0.25) is 0 Å². The molecule has 36 heavy (non-hydrogen) atoms. The van der Waals surface area contributed by atoms with Crippen LogP contribution in [0.2, 0.25) is 0 Å². The van der Waals surface area contributed by atoms with Crippen LogP contribution in [-0.4, -0.2) is 72.6 Å². The van der Waals surface area contributed by atoms with E-state index in [0.717, 1.165) is 22.1 Å². The van der Waals surface area contributed by atoms with Crippen molar-refractivity contribution in [2.75, 3.05) is 49.1 Å². The molecule has 1 atom stereocenters. The van der Waals surface area contributed by atoms with Crippen molar-refractivity contribution in [3.63, 3.8) is 0 Å². The fourth-order valence-corrected chi connectivity index (χ4v) is 4.07. The molecule has 2 saturated heterocycles. The number of hydrogen-bond donors (Lipinski definition) is 3. The summed E-state index contributed by atoms with van der Waals surface area (Å²) in [6, 6.07) is 8.13. The number of nitrogens with two attached hydrogens (primary N) is 2. The Kier molecular flexibility index (Phi) is 7.41. The van der Waals surface area contributed by atoms with Crippen molar-refractivity contribution in [2.45, 2.75) is 6.10 Å². The molecule has 4 rings (SSSR count). The molecule has 2 aliphatic rings. The lowest BCUT2D eigenvalue weighted by molar-refractivity contribution is -0.111. The fraction of sp³-hybridized carbons (Fsp3) is 0.304. The highest BCUT2D eigenvalue weighted by molar-refractivity contribution is 5.96. The van der Waals surface area contributed by atoms with Crippen molar-refractivity contribution in [1.29, 1.82) is 0 Å². The first-order chi connectivity index (χ1) is 17.3. The minimum atomic E-state index is -0.881. The number of amides is 2. The topological polar surface area (TPSA) is 138 Å². The molecule has 5 N–H and O–H groups in total. The van der Waals surface area contributed by atoms with Crippen molar-refractivity contribution in [3.8, 4) is 5.75 Å². The highest BCUT2D eigenvalue weighted by atomic mass is 19.1. The maximum Gasteiger partial charge on any atom is 0.414 e. The van der Waals surface area contributed by atoms with Crippen molar-refractivity contribution in [1.82, 2.24) is 10.1 Å². The molecule has 0 aromatic heterocycles. The van der Waals surface area contributed by atoms with Crippen LogP contribution in [0.1, 0.15) is 10.4 Å². The molecule has 0 bridgehead atoms. The molecule has 192 valence electrons. The first-order valence-corrected chi connectivity index (χ1v) is 11.1. The zero-order valence-corrected chi connectivity index (χ0v) is 19.2. The van der Waals surface area contributed by atoms with Gasteiger partial charge in [-0.25, -0.2) is 24.5 Å². The van der Waals surface area contributed by atoms with E-state index < -0.39 is 29.7 Å². The van der Waals surface area contributed by atoms with Crippen LogP contribution in [0.25, 0.3) is 0 Å². The number of hydrogen-bond acceptors (Lipinski definition) is 9. The maximum atomic E-state index is 15.1. The third-order valence-corrected chi connectivity index (χ3v) is 5.74. The van der Waals surface area contributed by atoms with Crippen LogP contribution in [0, 0.1) is 11.6 Å². The molecular weight excluding hydrogens is 478 g/mol. The summed E-state index contributed by atoms with van der Waals surface area (Å²) in [5.74, 6) is 3.19. The molecule has 2 amide bonds.